The first-order valence-electron chi connectivity index (χ1n) is 4.43. The molecular weight excluding hydrogens is 222 g/mol. The molecule has 84 valence electrons. The van der Waals surface area contributed by atoms with Crippen molar-refractivity contribution in [3.8, 4) is 0 Å². The summed E-state index contributed by atoms with van der Waals surface area (Å²) in [6, 6.07) is -0.567. The first-order valence-corrected chi connectivity index (χ1v) is 4.96. The van der Waals surface area contributed by atoms with Gasteiger partial charge in [-0.2, -0.15) is 0 Å². The predicted molar refractivity (Wildman–Crippen MR) is 53.5 cm³/mol. The third-order valence-electron chi connectivity index (χ3n) is 2.11. The van der Waals surface area contributed by atoms with Crippen LogP contribution in [0, 0.1) is 0 Å². The molecule has 7 heteroatoms. The molecule has 0 saturated carbocycles. The Bertz CT molecular complexity index is 295. The molecule has 0 aromatic carbocycles. The third kappa shape index (κ3) is 3.09. The lowest BCUT2D eigenvalue weighted by molar-refractivity contribution is -0.133. The van der Waals surface area contributed by atoms with Crippen LogP contribution in [0.4, 0.5) is 4.79 Å². The van der Waals surface area contributed by atoms with Gasteiger partial charge in [0.1, 0.15) is 12.4 Å². The van der Waals surface area contributed by atoms with E-state index in [9.17, 15) is 14.4 Å². The van der Waals surface area contributed by atoms with Crippen LogP contribution in [-0.4, -0.2) is 60.2 Å². The molecule has 0 atom stereocenters. The fraction of sp³-hybridized carbons (Fsp3) is 0.625. The molecule has 0 unspecified atom stereocenters. The number of nitrogens with zero attached hydrogens (tertiary/aromatic N) is 2. The van der Waals surface area contributed by atoms with Crippen LogP contribution in [0.5, 0.6) is 0 Å². The Morgan fingerprint density at radius 1 is 1.47 bits per heavy atom. The molecule has 1 aliphatic rings. The second-order valence-electron chi connectivity index (χ2n) is 3.22. The van der Waals surface area contributed by atoms with E-state index in [0.29, 0.717) is 13.1 Å². The maximum Gasteiger partial charge on any atom is 0.324 e. The largest absolute Gasteiger partial charge is 0.342 e. The minimum absolute atomic E-state index is 0.00208. The minimum Gasteiger partial charge on any atom is -0.342 e. The molecular formula is C8H12ClN3O3. The molecule has 1 fully saturated rings. The summed E-state index contributed by atoms with van der Waals surface area (Å²) in [5, 5.41) is 2.08. The van der Waals surface area contributed by atoms with Gasteiger partial charge in [0.15, 0.2) is 0 Å². The quantitative estimate of drug-likeness (QED) is 0.605. The van der Waals surface area contributed by atoms with E-state index in [2.05, 4.69) is 5.32 Å². The number of hydrogen-bond acceptors (Lipinski definition) is 3. The highest BCUT2D eigenvalue weighted by atomic mass is 35.5. The molecule has 0 bridgehead atoms. The summed E-state index contributed by atoms with van der Waals surface area (Å²) in [5.74, 6) is -0.976. The molecule has 0 radical (unpaired) electrons. The normalized spacial score (nSPS) is 16.5. The van der Waals surface area contributed by atoms with Gasteiger partial charge in [0, 0.05) is 20.1 Å². The van der Waals surface area contributed by atoms with Crippen molar-refractivity contribution in [1.29, 1.82) is 0 Å². The topological polar surface area (TPSA) is 69.7 Å². The molecule has 1 heterocycles. The van der Waals surface area contributed by atoms with Gasteiger partial charge in [-0.15, -0.1) is 11.6 Å². The van der Waals surface area contributed by atoms with E-state index in [1.165, 1.54) is 9.80 Å². The van der Waals surface area contributed by atoms with Gasteiger partial charge < -0.3 is 9.80 Å². The monoisotopic (exact) mass is 233 g/mol. The molecule has 4 amide bonds. The molecule has 6 nitrogen and oxygen atoms in total. The molecule has 0 aromatic rings. The Balaban J connectivity index is 2.47. The van der Waals surface area contributed by atoms with Gasteiger partial charge >= 0.3 is 6.03 Å². The SMILES string of the molecule is CN1CCN(C(=O)NC(=O)CCl)CC1=O. The van der Waals surface area contributed by atoms with Gasteiger partial charge in [-0.3, -0.25) is 14.9 Å². The maximum atomic E-state index is 11.4. The minimum atomic E-state index is -0.567. The number of carbonyl (C=O) groups excluding carboxylic acids is 3. The van der Waals surface area contributed by atoms with Crippen molar-refractivity contribution in [1.82, 2.24) is 15.1 Å². The highest BCUT2D eigenvalue weighted by Gasteiger charge is 2.25. The molecule has 1 aliphatic heterocycles. The second-order valence-corrected chi connectivity index (χ2v) is 3.49. The van der Waals surface area contributed by atoms with Crippen LogP contribution in [0.25, 0.3) is 0 Å². The smallest absolute Gasteiger partial charge is 0.324 e. The van der Waals surface area contributed by atoms with Gasteiger partial charge in [0.25, 0.3) is 0 Å². The molecule has 1 N–H and O–H groups in total. The van der Waals surface area contributed by atoms with Gasteiger partial charge in [-0.25, -0.2) is 4.79 Å². The van der Waals surface area contributed by atoms with Crippen LogP contribution in [0.3, 0.4) is 0 Å². The van der Waals surface area contributed by atoms with Gasteiger partial charge in [-0.1, -0.05) is 0 Å². The second kappa shape index (κ2) is 4.97. The molecule has 1 saturated heterocycles. The number of alkyl halides is 1. The van der Waals surface area contributed by atoms with E-state index in [4.69, 9.17) is 11.6 Å². The fourth-order valence-corrected chi connectivity index (χ4v) is 1.23. The lowest BCUT2D eigenvalue weighted by atomic mass is 10.3. The standard InChI is InChI=1S/C8H12ClN3O3/c1-11-2-3-12(5-7(11)14)8(15)10-6(13)4-9/h2-5H2,1H3,(H,10,13,15). The van der Waals surface area contributed by atoms with E-state index < -0.39 is 11.9 Å². The molecule has 0 spiro atoms. The van der Waals surface area contributed by atoms with E-state index >= 15 is 0 Å². The summed E-state index contributed by atoms with van der Waals surface area (Å²) in [6.45, 7) is 0.892. The number of likely N-dealkylation sites (N-methyl/N-ethyl adjacent to an activating group) is 1. The lowest BCUT2D eigenvalue weighted by Crippen LogP contribution is -2.54. The molecule has 15 heavy (non-hydrogen) atoms. The summed E-state index contributed by atoms with van der Waals surface area (Å²) in [4.78, 5) is 36.3. The first kappa shape index (κ1) is 11.8. The Morgan fingerprint density at radius 3 is 2.67 bits per heavy atom. The molecule has 1 rings (SSSR count). The zero-order chi connectivity index (χ0) is 11.4. The van der Waals surface area contributed by atoms with Crippen molar-refractivity contribution in [2.75, 3.05) is 32.6 Å². The number of carbonyl (C=O) groups is 3. The number of nitrogens with one attached hydrogen (secondary N) is 1. The molecule has 0 aliphatic carbocycles. The van der Waals surface area contributed by atoms with E-state index in [0.717, 1.165) is 0 Å². The predicted octanol–water partition coefficient (Wildman–Crippen LogP) is -0.765. The number of hydrogen-bond donors (Lipinski definition) is 1. The van der Waals surface area contributed by atoms with Crippen molar-refractivity contribution in [3.63, 3.8) is 0 Å². The van der Waals surface area contributed by atoms with E-state index in [-0.39, 0.29) is 18.3 Å². The summed E-state index contributed by atoms with van der Waals surface area (Å²) >= 11 is 5.23. The van der Waals surface area contributed by atoms with Gasteiger partial charge in [0.05, 0.1) is 0 Å². The average molecular weight is 234 g/mol. The Kier molecular flexibility index (Phi) is 3.90. The molecule has 0 aromatic heterocycles. The van der Waals surface area contributed by atoms with Crippen molar-refractivity contribution < 1.29 is 14.4 Å². The number of urea groups is 1. The average Bonchev–Trinajstić information content (AvgIpc) is 2.21. The van der Waals surface area contributed by atoms with Crippen LogP contribution in [-0.2, 0) is 9.59 Å². The fourth-order valence-electron chi connectivity index (χ4n) is 1.16. The van der Waals surface area contributed by atoms with Crippen LogP contribution >= 0.6 is 11.6 Å². The van der Waals surface area contributed by atoms with Gasteiger partial charge in [0.2, 0.25) is 11.8 Å². The third-order valence-corrected chi connectivity index (χ3v) is 2.35. The van der Waals surface area contributed by atoms with E-state index in [1.807, 2.05) is 0 Å². The number of amides is 4. The Labute approximate surface area is 92.1 Å². The Morgan fingerprint density at radius 2 is 2.13 bits per heavy atom. The first-order chi connectivity index (χ1) is 7.04. The highest BCUT2D eigenvalue weighted by Crippen LogP contribution is 2.00. The zero-order valence-corrected chi connectivity index (χ0v) is 9.08. The van der Waals surface area contributed by atoms with Crippen molar-refractivity contribution in [2.45, 2.75) is 0 Å². The van der Waals surface area contributed by atoms with Crippen LogP contribution in [0.1, 0.15) is 0 Å². The number of piperazine rings is 1. The maximum absolute atomic E-state index is 11.4. The van der Waals surface area contributed by atoms with Crippen molar-refractivity contribution in [3.05, 3.63) is 0 Å². The van der Waals surface area contributed by atoms with Crippen LogP contribution < -0.4 is 5.32 Å². The number of halogens is 1. The van der Waals surface area contributed by atoms with Crippen LogP contribution in [0.15, 0.2) is 0 Å². The van der Waals surface area contributed by atoms with Crippen molar-refractivity contribution >= 4 is 29.4 Å². The summed E-state index contributed by atoms with van der Waals surface area (Å²) in [5.41, 5.74) is 0. The number of rotatable bonds is 1. The highest BCUT2D eigenvalue weighted by molar-refractivity contribution is 6.28. The summed E-state index contributed by atoms with van der Waals surface area (Å²) in [6.07, 6.45) is 0. The lowest BCUT2D eigenvalue weighted by Gasteiger charge is -2.31. The van der Waals surface area contributed by atoms with E-state index in [1.54, 1.807) is 7.05 Å². The van der Waals surface area contributed by atoms with Crippen LogP contribution in [0.2, 0.25) is 0 Å². The van der Waals surface area contributed by atoms with Gasteiger partial charge in [-0.05, 0) is 0 Å². The number of imide groups is 1. The van der Waals surface area contributed by atoms with Crippen molar-refractivity contribution in [2.24, 2.45) is 0 Å². The summed E-state index contributed by atoms with van der Waals surface area (Å²) < 4.78 is 0. The Hall–Kier alpha value is -1.30. The summed E-state index contributed by atoms with van der Waals surface area (Å²) in [7, 11) is 1.67. The zero-order valence-electron chi connectivity index (χ0n) is 8.33.